The molecule has 0 aromatic rings. The minimum absolute atomic E-state index is 0.113. The van der Waals surface area contributed by atoms with Gasteiger partial charge in [0.05, 0.1) is 0 Å². The third kappa shape index (κ3) is 4.57. The van der Waals surface area contributed by atoms with E-state index >= 15 is 0 Å². The van der Waals surface area contributed by atoms with Crippen LogP contribution < -0.4 is 0 Å². The molecule has 3 fully saturated rings. The second kappa shape index (κ2) is 9.21. The number of allylic oxidation sites excluding steroid dienone is 5. The Kier molecular flexibility index (Phi) is 7.32. The molecule has 0 amide bonds. The lowest BCUT2D eigenvalue weighted by molar-refractivity contribution is -0.344. The third-order valence-electron chi connectivity index (χ3n) is 9.00. The second-order valence-corrected chi connectivity index (χ2v) is 11.4. The first-order chi connectivity index (χ1) is 14.8. The molecule has 4 heteroatoms. The number of rotatable bonds is 5. The molecule has 0 aromatic carbocycles. The van der Waals surface area contributed by atoms with E-state index in [4.69, 9.17) is 0 Å². The molecule has 5 atom stereocenters. The minimum atomic E-state index is -2.71. The van der Waals surface area contributed by atoms with Crippen LogP contribution >= 0.6 is 0 Å². The van der Waals surface area contributed by atoms with Gasteiger partial charge in [0.25, 0.3) is 0 Å². The average molecular weight is 445 g/mol. The zero-order valence-electron chi connectivity index (χ0n) is 20.6. The molecule has 4 nitrogen and oxygen atoms in total. The van der Waals surface area contributed by atoms with Crippen LogP contribution in [0.4, 0.5) is 0 Å². The molecule has 0 bridgehead atoms. The molecule has 0 heterocycles. The summed E-state index contributed by atoms with van der Waals surface area (Å²) in [6.45, 7) is 15.6. The molecule has 0 radical (unpaired) electrons. The number of aliphatic hydroxyl groups is 4. The normalized spacial score (nSPS) is 36.8. The van der Waals surface area contributed by atoms with Crippen molar-refractivity contribution in [3.8, 4) is 0 Å². The van der Waals surface area contributed by atoms with Crippen molar-refractivity contribution in [2.45, 2.75) is 91.1 Å². The molecule has 0 aliphatic heterocycles. The summed E-state index contributed by atoms with van der Waals surface area (Å²) in [4.78, 5) is 0. The Morgan fingerprint density at radius 2 is 1.62 bits per heavy atom. The number of hydrogen-bond acceptors (Lipinski definition) is 4. The summed E-state index contributed by atoms with van der Waals surface area (Å²) in [5.74, 6) is -2.38. The molecule has 0 aromatic heterocycles. The maximum Gasteiger partial charge on any atom is 0.246 e. The van der Waals surface area contributed by atoms with Crippen LogP contribution in [0.5, 0.6) is 0 Å². The van der Waals surface area contributed by atoms with Gasteiger partial charge in [-0.2, -0.15) is 0 Å². The Balaban J connectivity index is 1.84. The molecule has 3 saturated carbocycles. The van der Waals surface area contributed by atoms with Crippen LogP contribution in [0.15, 0.2) is 47.6 Å². The maximum absolute atomic E-state index is 10.4. The first-order valence-electron chi connectivity index (χ1n) is 12.5. The molecular weight excluding hydrogens is 400 g/mol. The highest BCUT2D eigenvalue weighted by Crippen LogP contribution is 2.59. The van der Waals surface area contributed by atoms with Crippen molar-refractivity contribution in [2.75, 3.05) is 0 Å². The van der Waals surface area contributed by atoms with Crippen molar-refractivity contribution < 1.29 is 20.4 Å². The highest BCUT2D eigenvalue weighted by Gasteiger charge is 2.53. The second-order valence-electron chi connectivity index (χ2n) is 11.4. The van der Waals surface area contributed by atoms with Crippen LogP contribution in [-0.4, -0.2) is 32.0 Å². The molecule has 4 N–H and O–H groups in total. The van der Waals surface area contributed by atoms with Crippen LogP contribution in [0.1, 0.15) is 79.6 Å². The Morgan fingerprint density at radius 1 is 0.938 bits per heavy atom. The fraction of sp³-hybridized carbons (Fsp3) is 0.714. The summed E-state index contributed by atoms with van der Waals surface area (Å²) in [5.41, 5.74) is 2.24. The number of fused-ring (bicyclic) bond motifs is 1. The van der Waals surface area contributed by atoms with Crippen LogP contribution in [0.3, 0.4) is 0 Å². The van der Waals surface area contributed by atoms with E-state index in [2.05, 4.69) is 53.3 Å². The van der Waals surface area contributed by atoms with Gasteiger partial charge in [-0.25, -0.2) is 0 Å². The van der Waals surface area contributed by atoms with E-state index in [-0.39, 0.29) is 17.4 Å². The van der Waals surface area contributed by atoms with Gasteiger partial charge >= 0.3 is 0 Å². The molecule has 0 saturated heterocycles. The summed E-state index contributed by atoms with van der Waals surface area (Å²) < 4.78 is 0. The molecule has 3 rings (SSSR count). The van der Waals surface area contributed by atoms with E-state index < -0.39 is 11.6 Å². The zero-order valence-corrected chi connectivity index (χ0v) is 20.6. The predicted molar refractivity (Wildman–Crippen MR) is 129 cm³/mol. The Hall–Kier alpha value is -1.20. The van der Waals surface area contributed by atoms with Crippen molar-refractivity contribution in [2.24, 2.45) is 35.0 Å². The van der Waals surface area contributed by atoms with Gasteiger partial charge in [0.1, 0.15) is 0 Å². The SMILES string of the molecule is C=C1CCC(O)(O)C(O)(O)/C1=C/C=C1\CCC[C@]2(C)[C@@H]([C@H](C)/C=C/[C@H](C)C(C)C)CC[C@@H]12. The van der Waals surface area contributed by atoms with Crippen molar-refractivity contribution in [1.82, 2.24) is 0 Å². The predicted octanol–water partition coefficient (Wildman–Crippen LogP) is 5.25. The molecular formula is C28H44O4. The molecule has 32 heavy (non-hydrogen) atoms. The lowest BCUT2D eigenvalue weighted by Crippen LogP contribution is -2.58. The molecule has 180 valence electrons. The van der Waals surface area contributed by atoms with Crippen molar-refractivity contribution >= 4 is 0 Å². The van der Waals surface area contributed by atoms with Gasteiger partial charge in [-0.05, 0) is 79.1 Å². The van der Waals surface area contributed by atoms with E-state index in [9.17, 15) is 20.4 Å². The maximum atomic E-state index is 10.4. The topological polar surface area (TPSA) is 80.9 Å². The summed E-state index contributed by atoms with van der Waals surface area (Å²) in [6, 6.07) is 0. The third-order valence-corrected chi connectivity index (χ3v) is 9.00. The van der Waals surface area contributed by atoms with Gasteiger partial charge in [-0.1, -0.05) is 71.1 Å². The Bertz CT molecular complexity index is 800. The first-order valence-corrected chi connectivity index (χ1v) is 12.5. The van der Waals surface area contributed by atoms with E-state index in [0.29, 0.717) is 41.6 Å². The fourth-order valence-corrected chi connectivity index (χ4v) is 6.37. The van der Waals surface area contributed by atoms with Crippen molar-refractivity contribution in [3.05, 3.63) is 47.6 Å². The minimum Gasteiger partial charge on any atom is -0.361 e. The van der Waals surface area contributed by atoms with Gasteiger partial charge < -0.3 is 20.4 Å². The van der Waals surface area contributed by atoms with Gasteiger partial charge in [0.2, 0.25) is 11.6 Å². The summed E-state index contributed by atoms with van der Waals surface area (Å²) in [6.07, 6.45) is 14.4. The zero-order chi connectivity index (χ0) is 23.9. The highest BCUT2D eigenvalue weighted by molar-refractivity contribution is 5.42. The summed E-state index contributed by atoms with van der Waals surface area (Å²) in [7, 11) is 0. The van der Waals surface area contributed by atoms with Gasteiger partial charge in [-0.3, -0.25) is 0 Å². The van der Waals surface area contributed by atoms with Gasteiger partial charge in [0, 0.05) is 12.0 Å². The standard InChI is InChI=1S/C28H44O4/c1-18(2)19(3)9-10-20(4)23-13-14-25-22(8-7-16-26(23,25)6)11-12-24-21(5)15-17-27(29,30)28(24,31)32/h9-12,18-20,23,25,29-32H,5,7-8,13-17H2,1-4,6H3/b10-9+,22-11+,24-12+/t19-,20+,23+,25-,26+/m0/s1. The molecule has 0 unspecified atom stereocenters. The van der Waals surface area contributed by atoms with Gasteiger partial charge in [0.15, 0.2) is 0 Å². The molecule has 3 aliphatic rings. The van der Waals surface area contributed by atoms with Gasteiger partial charge in [-0.15, -0.1) is 0 Å². The molecule has 0 spiro atoms. The van der Waals surface area contributed by atoms with Crippen molar-refractivity contribution in [3.63, 3.8) is 0 Å². The van der Waals surface area contributed by atoms with Crippen molar-refractivity contribution in [1.29, 1.82) is 0 Å². The fourth-order valence-electron chi connectivity index (χ4n) is 6.37. The van der Waals surface area contributed by atoms with Crippen LogP contribution in [-0.2, 0) is 0 Å². The quantitative estimate of drug-likeness (QED) is 0.345. The molecule has 3 aliphatic carbocycles. The lowest BCUT2D eigenvalue weighted by Gasteiger charge is -2.44. The summed E-state index contributed by atoms with van der Waals surface area (Å²) in [5, 5.41) is 41.1. The average Bonchev–Trinajstić information content (AvgIpc) is 3.06. The van der Waals surface area contributed by atoms with E-state index in [1.54, 1.807) is 6.08 Å². The summed E-state index contributed by atoms with van der Waals surface area (Å²) >= 11 is 0. The largest absolute Gasteiger partial charge is 0.361 e. The van der Waals surface area contributed by atoms with E-state index in [1.807, 2.05) is 6.08 Å². The van der Waals surface area contributed by atoms with Crippen LogP contribution in [0, 0.1) is 35.0 Å². The Morgan fingerprint density at radius 3 is 2.28 bits per heavy atom. The van der Waals surface area contributed by atoms with Crippen LogP contribution in [0.2, 0.25) is 0 Å². The number of hydrogen-bond donors (Lipinski definition) is 4. The Labute approximate surface area is 194 Å². The highest BCUT2D eigenvalue weighted by atomic mass is 16.6. The van der Waals surface area contributed by atoms with E-state index in [0.717, 1.165) is 19.3 Å². The lowest BCUT2D eigenvalue weighted by atomic mass is 9.61. The smallest absolute Gasteiger partial charge is 0.246 e. The van der Waals surface area contributed by atoms with E-state index in [1.165, 1.54) is 18.4 Å². The monoisotopic (exact) mass is 444 g/mol. The van der Waals surface area contributed by atoms with Crippen LogP contribution in [0.25, 0.3) is 0 Å². The first kappa shape index (κ1) is 25.4.